The number of aromatic nitrogens is 2. The van der Waals surface area contributed by atoms with E-state index in [9.17, 15) is 13.2 Å². The number of benzene rings is 3. The number of nitrogens with zero attached hydrogens (tertiary/aromatic N) is 2. The first-order chi connectivity index (χ1) is 15.9. The first-order valence-electron chi connectivity index (χ1n) is 9.82. The zero-order chi connectivity index (χ0) is 23.4. The van der Waals surface area contributed by atoms with Crippen LogP contribution in [0.1, 0.15) is 5.56 Å². The zero-order valence-corrected chi connectivity index (χ0v) is 19.0. The second-order valence-corrected chi connectivity index (χ2v) is 9.09. The number of para-hydroxylation sites is 2. The number of fused-ring (bicyclic) bond motifs is 1. The van der Waals surface area contributed by atoms with Crippen LogP contribution in [-0.4, -0.2) is 31.8 Å². The van der Waals surface area contributed by atoms with E-state index in [0.29, 0.717) is 39.3 Å². The van der Waals surface area contributed by atoms with Gasteiger partial charge in [-0.15, -0.1) is 0 Å². The third-order valence-electron chi connectivity index (χ3n) is 4.76. The van der Waals surface area contributed by atoms with E-state index in [0.717, 1.165) is 0 Å². The molecule has 0 saturated heterocycles. The van der Waals surface area contributed by atoms with Gasteiger partial charge in [0.05, 0.1) is 33.7 Å². The molecule has 0 aliphatic carbocycles. The van der Waals surface area contributed by atoms with Gasteiger partial charge >= 0.3 is 0 Å². The van der Waals surface area contributed by atoms with E-state index in [1.807, 2.05) is 6.07 Å². The van der Waals surface area contributed by atoms with Crippen molar-refractivity contribution in [2.75, 3.05) is 17.1 Å². The van der Waals surface area contributed by atoms with Crippen LogP contribution in [0.2, 0.25) is 5.02 Å². The molecule has 2 N–H and O–H groups in total. The Labute approximate surface area is 195 Å². The van der Waals surface area contributed by atoms with Crippen LogP contribution in [0.5, 0.6) is 5.75 Å². The average Bonchev–Trinajstić information content (AvgIpc) is 2.81. The van der Waals surface area contributed by atoms with Gasteiger partial charge < -0.3 is 14.8 Å². The molecule has 0 saturated carbocycles. The SMILES string of the molecule is COc1ccc(Cl)c(Nc2nc3ccccc3nc2NS(=O)(=O)c2cccc(CC=O)c2)c1. The Balaban J connectivity index is 1.78. The van der Waals surface area contributed by atoms with Crippen molar-refractivity contribution in [1.29, 1.82) is 0 Å². The molecule has 4 aromatic rings. The highest BCUT2D eigenvalue weighted by atomic mass is 35.5. The number of carbonyl (C=O) groups excluding carboxylic acids is 1. The predicted octanol–water partition coefficient (Wildman–Crippen LogP) is 4.58. The van der Waals surface area contributed by atoms with E-state index >= 15 is 0 Å². The molecule has 0 aliphatic rings. The molecule has 0 radical (unpaired) electrons. The van der Waals surface area contributed by atoms with Crippen molar-refractivity contribution in [3.63, 3.8) is 0 Å². The summed E-state index contributed by atoms with van der Waals surface area (Å²) in [7, 11) is -2.50. The average molecular weight is 483 g/mol. The number of hydrogen-bond donors (Lipinski definition) is 2. The smallest absolute Gasteiger partial charge is 0.263 e. The topological polar surface area (TPSA) is 110 Å². The second kappa shape index (κ2) is 9.43. The summed E-state index contributed by atoms with van der Waals surface area (Å²) in [6.07, 6.45) is 0.828. The number of ether oxygens (including phenoxy) is 1. The highest BCUT2D eigenvalue weighted by Crippen LogP contribution is 2.32. The molecule has 0 aliphatic heterocycles. The van der Waals surface area contributed by atoms with Crippen molar-refractivity contribution in [1.82, 2.24) is 9.97 Å². The number of sulfonamides is 1. The Bertz CT molecular complexity index is 1440. The molecule has 1 heterocycles. The summed E-state index contributed by atoms with van der Waals surface area (Å²) in [6, 6.07) is 18.3. The van der Waals surface area contributed by atoms with Crippen molar-refractivity contribution < 1.29 is 17.9 Å². The van der Waals surface area contributed by atoms with Gasteiger partial charge in [-0.1, -0.05) is 35.9 Å². The third kappa shape index (κ3) is 5.05. The Morgan fingerprint density at radius 1 is 0.970 bits per heavy atom. The lowest BCUT2D eigenvalue weighted by molar-refractivity contribution is -0.107. The Morgan fingerprint density at radius 3 is 2.39 bits per heavy atom. The molecule has 4 rings (SSSR count). The first kappa shape index (κ1) is 22.5. The monoisotopic (exact) mass is 482 g/mol. The van der Waals surface area contributed by atoms with Gasteiger partial charge in [-0.3, -0.25) is 4.72 Å². The zero-order valence-electron chi connectivity index (χ0n) is 17.4. The maximum atomic E-state index is 13.1. The highest BCUT2D eigenvalue weighted by molar-refractivity contribution is 7.92. The molecule has 10 heteroatoms. The molecule has 0 fully saturated rings. The number of nitrogens with one attached hydrogen (secondary N) is 2. The van der Waals surface area contributed by atoms with E-state index in [4.69, 9.17) is 16.3 Å². The van der Waals surface area contributed by atoms with Gasteiger partial charge in [-0.2, -0.15) is 0 Å². The second-order valence-electron chi connectivity index (χ2n) is 7.00. The summed E-state index contributed by atoms with van der Waals surface area (Å²) in [5.41, 5.74) is 2.12. The summed E-state index contributed by atoms with van der Waals surface area (Å²) in [5, 5.41) is 3.44. The van der Waals surface area contributed by atoms with Crippen LogP contribution in [0.25, 0.3) is 11.0 Å². The highest BCUT2D eigenvalue weighted by Gasteiger charge is 2.20. The van der Waals surface area contributed by atoms with E-state index in [1.165, 1.54) is 19.2 Å². The number of anilines is 3. The number of hydrogen-bond acceptors (Lipinski definition) is 7. The van der Waals surface area contributed by atoms with Crippen molar-refractivity contribution in [3.8, 4) is 5.75 Å². The van der Waals surface area contributed by atoms with Crippen LogP contribution in [-0.2, 0) is 21.2 Å². The van der Waals surface area contributed by atoms with Crippen LogP contribution >= 0.6 is 11.6 Å². The maximum Gasteiger partial charge on any atom is 0.263 e. The molecule has 1 aromatic heterocycles. The van der Waals surface area contributed by atoms with Gasteiger partial charge in [0.15, 0.2) is 11.6 Å². The molecule has 0 amide bonds. The van der Waals surface area contributed by atoms with Gasteiger partial charge in [0.2, 0.25) is 0 Å². The molecule has 0 spiro atoms. The van der Waals surface area contributed by atoms with Crippen molar-refractivity contribution in [2.45, 2.75) is 11.3 Å². The van der Waals surface area contributed by atoms with Crippen molar-refractivity contribution in [2.24, 2.45) is 0 Å². The molecule has 3 aromatic carbocycles. The number of aldehydes is 1. The van der Waals surface area contributed by atoms with Gasteiger partial charge in [-0.05, 0) is 42.0 Å². The lowest BCUT2D eigenvalue weighted by Gasteiger charge is -2.15. The fourth-order valence-corrected chi connectivity index (χ4v) is 4.38. The molecule has 0 atom stereocenters. The lowest BCUT2D eigenvalue weighted by atomic mass is 10.2. The van der Waals surface area contributed by atoms with E-state index in [-0.39, 0.29) is 23.0 Å². The summed E-state index contributed by atoms with van der Waals surface area (Å²) in [6.45, 7) is 0. The van der Waals surface area contributed by atoms with Crippen LogP contribution in [0.4, 0.5) is 17.3 Å². The number of methoxy groups -OCH3 is 1. The maximum absolute atomic E-state index is 13.1. The molecule has 0 bridgehead atoms. The molecule has 33 heavy (non-hydrogen) atoms. The minimum atomic E-state index is -4.03. The van der Waals surface area contributed by atoms with Crippen LogP contribution in [0.15, 0.2) is 71.6 Å². The quantitative estimate of drug-likeness (QED) is 0.354. The summed E-state index contributed by atoms with van der Waals surface area (Å²) in [5.74, 6) is 0.717. The molecular weight excluding hydrogens is 464 g/mol. The molecule has 0 unspecified atom stereocenters. The van der Waals surface area contributed by atoms with E-state index in [1.54, 1.807) is 48.5 Å². The fourth-order valence-electron chi connectivity index (χ4n) is 3.14. The molecule has 168 valence electrons. The number of halogens is 1. The number of rotatable bonds is 8. The van der Waals surface area contributed by atoms with E-state index in [2.05, 4.69) is 20.0 Å². The predicted molar refractivity (Wildman–Crippen MR) is 128 cm³/mol. The largest absolute Gasteiger partial charge is 0.497 e. The van der Waals surface area contributed by atoms with Gasteiger partial charge in [0.25, 0.3) is 10.0 Å². The van der Waals surface area contributed by atoms with Crippen LogP contribution in [0.3, 0.4) is 0 Å². The minimum absolute atomic E-state index is 0.00201. The Kier molecular flexibility index (Phi) is 6.43. The lowest BCUT2D eigenvalue weighted by Crippen LogP contribution is -2.16. The van der Waals surface area contributed by atoms with Gasteiger partial charge in [-0.25, -0.2) is 18.4 Å². The van der Waals surface area contributed by atoms with E-state index < -0.39 is 10.0 Å². The van der Waals surface area contributed by atoms with Gasteiger partial charge in [0.1, 0.15) is 12.0 Å². The Morgan fingerprint density at radius 2 is 1.70 bits per heavy atom. The summed E-state index contributed by atoms with van der Waals surface area (Å²) in [4.78, 5) is 19.8. The summed E-state index contributed by atoms with van der Waals surface area (Å²) < 4.78 is 34.0. The van der Waals surface area contributed by atoms with Crippen LogP contribution < -0.4 is 14.8 Å². The normalized spacial score (nSPS) is 11.2. The standard InChI is InChI=1S/C23H19ClN4O4S/c1-32-16-9-10-18(24)21(14-16)27-22-23(26-20-8-3-2-7-19(20)25-22)28-33(30,31)17-6-4-5-15(13-17)11-12-29/h2-10,12-14H,11H2,1H3,(H,25,27)(H,26,28). The fraction of sp³-hybridized carbons (Fsp3) is 0.0870. The van der Waals surface area contributed by atoms with Crippen molar-refractivity contribution >= 4 is 56.3 Å². The third-order valence-corrected chi connectivity index (χ3v) is 6.42. The number of carbonyl (C=O) groups is 1. The van der Waals surface area contributed by atoms with Gasteiger partial charge in [0, 0.05) is 12.5 Å². The first-order valence-corrected chi connectivity index (χ1v) is 11.7. The van der Waals surface area contributed by atoms with Crippen molar-refractivity contribution in [3.05, 3.63) is 77.3 Å². The minimum Gasteiger partial charge on any atom is -0.497 e. The van der Waals surface area contributed by atoms with Crippen LogP contribution in [0, 0.1) is 0 Å². The molecular formula is C23H19ClN4O4S. The summed E-state index contributed by atoms with van der Waals surface area (Å²) >= 11 is 6.32. The Hall–Kier alpha value is -3.69. The molecule has 8 nitrogen and oxygen atoms in total.